The molecule has 0 heterocycles. The van der Waals surface area contributed by atoms with E-state index < -0.39 is 4.92 Å². The van der Waals surface area contributed by atoms with E-state index in [9.17, 15) is 20.3 Å². The van der Waals surface area contributed by atoms with Crippen LogP contribution in [0, 0.1) is 10.1 Å². The van der Waals surface area contributed by atoms with Gasteiger partial charge in [0.25, 0.3) is 5.69 Å². The Hall–Kier alpha value is -4.34. The number of nitro benzene ring substituents is 1. The fraction of sp³-hybridized carbons (Fsp3) is 0.182. The zero-order valence-electron chi connectivity index (χ0n) is 17.6. The predicted octanol–water partition coefficient (Wildman–Crippen LogP) is 6.68. The van der Waals surface area contributed by atoms with Crippen LogP contribution in [0.4, 0.5) is 34.1 Å². The highest BCUT2D eigenvalue weighted by Crippen LogP contribution is 2.36. The lowest BCUT2D eigenvalue weighted by Gasteiger charge is -2.21. The van der Waals surface area contributed by atoms with Crippen LogP contribution in [-0.2, 0) is 0 Å². The zero-order valence-corrected chi connectivity index (χ0v) is 17.6. The molecule has 32 heavy (non-hydrogen) atoms. The molecular weight excluding hydrogens is 412 g/mol. The predicted molar refractivity (Wildman–Crippen MR) is 121 cm³/mol. The van der Waals surface area contributed by atoms with Crippen LogP contribution in [0.25, 0.3) is 0 Å². The maximum atomic E-state index is 11.1. The van der Waals surface area contributed by atoms with Gasteiger partial charge in [-0.3, -0.25) is 10.1 Å². The van der Waals surface area contributed by atoms with E-state index in [4.69, 9.17) is 0 Å². The Labute approximate surface area is 184 Å². The first-order valence-corrected chi connectivity index (χ1v) is 9.90. The van der Waals surface area contributed by atoms with Crippen LogP contribution in [0.3, 0.4) is 0 Å². The molecule has 0 bridgehead atoms. The topological polar surface area (TPSA) is 136 Å². The summed E-state index contributed by atoms with van der Waals surface area (Å²) in [4.78, 5) is 12.6. The van der Waals surface area contributed by atoms with Crippen LogP contribution >= 0.6 is 0 Å². The fourth-order valence-corrected chi connectivity index (χ4v) is 2.96. The molecule has 0 aromatic heterocycles. The molecule has 0 fully saturated rings. The Balaban J connectivity index is 1.84. The van der Waals surface area contributed by atoms with Crippen molar-refractivity contribution in [3.63, 3.8) is 0 Å². The number of anilines is 1. The van der Waals surface area contributed by atoms with Crippen molar-refractivity contribution in [1.82, 2.24) is 0 Å². The number of para-hydroxylation sites is 1. The zero-order chi connectivity index (χ0) is 23.1. The Morgan fingerprint density at radius 3 is 2.19 bits per heavy atom. The second-order valence-electron chi connectivity index (χ2n) is 6.66. The van der Waals surface area contributed by atoms with Gasteiger partial charge in [0.05, 0.1) is 10.6 Å². The van der Waals surface area contributed by atoms with Gasteiger partial charge < -0.3 is 15.1 Å². The van der Waals surface area contributed by atoms with Gasteiger partial charge in [0, 0.05) is 30.9 Å². The molecule has 164 valence electrons. The third-order valence-corrected chi connectivity index (χ3v) is 4.66. The van der Waals surface area contributed by atoms with Gasteiger partial charge in [0.15, 0.2) is 5.69 Å². The summed E-state index contributed by atoms with van der Waals surface area (Å²) in [6.07, 6.45) is 0. The van der Waals surface area contributed by atoms with Crippen LogP contribution in [-0.4, -0.2) is 28.2 Å². The largest absolute Gasteiger partial charge is 0.506 e. The van der Waals surface area contributed by atoms with Gasteiger partial charge in [-0.15, -0.1) is 15.3 Å². The van der Waals surface area contributed by atoms with E-state index >= 15 is 0 Å². The van der Waals surface area contributed by atoms with Crippen LogP contribution in [0.15, 0.2) is 81.1 Å². The van der Waals surface area contributed by atoms with Crippen molar-refractivity contribution < 1.29 is 15.1 Å². The molecule has 0 spiro atoms. The molecule has 0 aliphatic heterocycles. The summed E-state index contributed by atoms with van der Waals surface area (Å²) in [7, 11) is 0. The highest BCUT2D eigenvalue weighted by atomic mass is 16.6. The van der Waals surface area contributed by atoms with Crippen molar-refractivity contribution in [3.8, 4) is 11.5 Å². The number of aromatic hydroxyl groups is 2. The molecule has 10 nitrogen and oxygen atoms in total. The van der Waals surface area contributed by atoms with Gasteiger partial charge in [-0.1, -0.05) is 12.1 Å². The van der Waals surface area contributed by atoms with Crippen LogP contribution in [0.2, 0.25) is 0 Å². The summed E-state index contributed by atoms with van der Waals surface area (Å²) in [5.74, 6) is -0.178. The van der Waals surface area contributed by atoms with Gasteiger partial charge in [-0.2, -0.15) is 5.11 Å². The van der Waals surface area contributed by atoms with E-state index in [1.54, 1.807) is 24.3 Å². The smallest absolute Gasteiger partial charge is 0.296 e. The molecule has 3 rings (SSSR count). The summed E-state index contributed by atoms with van der Waals surface area (Å²) in [5.41, 5.74) is 1.47. The van der Waals surface area contributed by atoms with Crippen LogP contribution in [0.5, 0.6) is 11.5 Å². The first kappa shape index (κ1) is 22.3. The van der Waals surface area contributed by atoms with Gasteiger partial charge in [0.1, 0.15) is 22.9 Å². The quantitative estimate of drug-likeness (QED) is 0.231. The maximum Gasteiger partial charge on any atom is 0.296 e. The first-order valence-electron chi connectivity index (χ1n) is 9.90. The number of nitrogens with zero attached hydrogens (tertiary/aromatic N) is 6. The molecule has 0 saturated heterocycles. The third-order valence-electron chi connectivity index (χ3n) is 4.66. The lowest BCUT2D eigenvalue weighted by molar-refractivity contribution is -0.384. The van der Waals surface area contributed by atoms with E-state index in [1.165, 1.54) is 30.3 Å². The Morgan fingerprint density at radius 2 is 1.50 bits per heavy atom. The van der Waals surface area contributed by atoms with E-state index in [1.807, 2.05) is 19.9 Å². The molecule has 0 radical (unpaired) electrons. The minimum atomic E-state index is -0.539. The van der Waals surface area contributed by atoms with Crippen molar-refractivity contribution >= 4 is 34.1 Å². The third kappa shape index (κ3) is 5.22. The number of azo groups is 2. The molecule has 2 N–H and O–H groups in total. The summed E-state index contributed by atoms with van der Waals surface area (Å²) in [6, 6.07) is 15.3. The van der Waals surface area contributed by atoms with Gasteiger partial charge in [-0.05, 0) is 50.2 Å². The minimum Gasteiger partial charge on any atom is -0.506 e. The van der Waals surface area contributed by atoms with Crippen molar-refractivity contribution in [2.24, 2.45) is 20.5 Å². The summed E-state index contributed by atoms with van der Waals surface area (Å²) in [6.45, 7) is 5.66. The molecule has 3 aromatic carbocycles. The second kappa shape index (κ2) is 10.1. The average Bonchev–Trinajstić information content (AvgIpc) is 2.79. The van der Waals surface area contributed by atoms with Crippen molar-refractivity contribution in [2.45, 2.75) is 13.8 Å². The Kier molecular flexibility index (Phi) is 7.06. The lowest BCUT2D eigenvalue weighted by atomic mass is 10.2. The fourth-order valence-electron chi connectivity index (χ4n) is 2.96. The molecule has 0 unspecified atom stereocenters. The number of hydrogen-bond acceptors (Lipinski definition) is 9. The summed E-state index contributed by atoms with van der Waals surface area (Å²) >= 11 is 0. The number of phenolic OH excluding ortho intramolecular Hbond substituents is 2. The van der Waals surface area contributed by atoms with Crippen LogP contribution in [0.1, 0.15) is 13.8 Å². The Bertz CT molecular complexity index is 1170. The van der Waals surface area contributed by atoms with Gasteiger partial charge in [-0.25, -0.2) is 0 Å². The Morgan fingerprint density at radius 1 is 0.812 bits per heavy atom. The van der Waals surface area contributed by atoms with E-state index in [2.05, 4.69) is 25.4 Å². The molecule has 0 amide bonds. The highest BCUT2D eigenvalue weighted by molar-refractivity contribution is 5.63. The molecular formula is C22H22N6O4. The van der Waals surface area contributed by atoms with E-state index in [-0.39, 0.29) is 34.2 Å². The lowest BCUT2D eigenvalue weighted by Crippen LogP contribution is -2.21. The molecule has 3 aromatic rings. The van der Waals surface area contributed by atoms with E-state index in [0.717, 1.165) is 18.8 Å². The molecule has 0 aliphatic rings. The molecule has 0 atom stereocenters. The van der Waals surface area contributed by atoms with Gasteiger partial charge >= 0.3 is 0 Å². The number of phenols is 2. The molecule has 0 saturated carbocycles. The van der Waals surface area contributed by atoms with Crippen molar-refractivity contribution in [1.29, 1.82) is 0 Å². The molecule has 0 aliphatic carbocycles. The highest BCUT2D eigenvalue weighted by Gasteiger charge is 2.12. The monoisotopic (exact) mass is 434 g/mol. The summed E-state index contributed by atoms with van der Waals surface area (Å²) in [5, 5.41) is 47.4. The molecule has 10 heteroatoms. The number of nitro groups is 1. The average molecular weight is 434 g/mol. The second-order valence-corrected chi connectivity index (χ2v) is 6.66. The normalized spacial score (nSPS) is 11.3. The van der Waals surface area contributed by atoms with Crippen molar-refractivity contribution in [3.05, 3.63) is 70.8 Å². The number of rotatable bonds is 8. The van der Waals surface area contributed by atoms with Crippen LogP contribution < -0.4 is 4.90 Å². The number of benzene rings is 3. The number of hydrogen-bond donors (Lipinski definition) is 2. The maximum absolute atomic E-state index is 11.1. The van der Waals surface area contributed by atoms with Gasteiger partial charge in [0.2, 0.25) is 0 Å². The first-order chi connectivity index (χ1) is 15.4. The standard InChI is InChI=1S/C22H22N6O4/c1-3-27(4-2)16-10-11-18(22(30)14-16)25-26-19-13-15(9-12-21(19)29)23-24-17-7-5-6-8-20(17)28(31)32/h5-14,29-30H,3-4H2,1-2H3. The minimum absolute atomic E-state index is 0.0372. The van der Waals surface area contributed by atoms with Crippen molar-refractivity contribution in [2.75, 3.05) is 18.0 Å². The SMILES string of the molecule is CCN(CC)c1ccc(N=Nc2cc(N=Nc3ccccc3[N+](=O)[O-])ccc2O)c(O)c1. The summed E-state index contributed by atoms with van der Waals surface area (Å²) < 4.78 is 0. The van der Waals surface area contributed by atoms with E-state index in [0.29, 0.717) is 5.69 Å².